The molecule has 0 spiro atoms. The second kappa shape index (κ2) is 8.71. The third kappa shape index (κ3) is 4.83. The first-order valence-electron chi connectivity index (χ1n) is 10.0. The molecular weight excluding hydrogens is 467 g/mol. The Bertz CT molecular complexity index is 1220. The Labute approximate surface area is 187 Å². The summed E-state index contributed by atoms with van der Waals surface area (Å²) in [6.45, 7) is 0.193. The van der Waals surface area contributed by atoms with Gasteiger partial charge in [-0.2, -0.15) is 17.5 Å². The number of carbonyl (C=O) groups excluding carboxylic acids is 1. The number of pyridine rings is 1. The number of aromatic nitrogens is 1. The van der Waals surface area contributed by atoms with E-state index in [0.29, 0.717) is 41.5 Å². The highest BCUT2D eigenvalue weighted by molar-refractivity contribution is 7.89. The first kappa shape index (κ1) is 23.1. The molecule has 178 valence electrons. The summed E-state index contributed by atoms with van der Waals surface area (Å²) >= 11 is 0. The van der Waals surface area contributed by atoms with E-state index in [0.717, 1.165) is 6.07 Å². The number of piperazine rings is 1. The quantitative estimate of drug-likeness (QED) is 0.642. The zero-order chi connectivity index (χ0) is 23.8. The summed E-state index contributed by atoms with van der Waals surface area (Å²) < 4.78 is 77.4. The Balaban J connectivity index is 1.42. The van der Waals surface area contributed by atoms with Crippen LogP contribution in [0, 0.1) is 0 Å². The van der Waals surface area contributed by atoms with E-state index in [1.165, 1.54) is 27.4 Å². The molecule has 2 aliphatic rings. The summed E-state index contributed by atoms with van der Waals surface area (Å²) in [7, 11) is -3.85. The van der Waals surface area contributed by atoms with Crippen LogP contribution in [0.2, 0.25) is 0 Å². The van der Waals surface area contributed by atoms with Gasteiger partial charge in [0.2, 0.25) is 15.9 Å². The SMILES string of the molecule is O=C(Cn1cc(C(F)(F)F)ccc1=O)N1CCN(S(=O)(=O)c2ccc3c(c2)OCCO3)CC1. The molecule has 0 unspecified atom stereocenters. The van der Waals surface area contributed by atoms with Gasteiger partial charge >= 0.3 is 6.18 Å². The molecule has 1 fully saturated rings. The molecule has 2 aliphatic heterocycles. The van der Waals surface area contributed by atoms with Crippen molar-refractivity contribution in [3.8, 4) is 11.5 Å². The lowest BCUT2D eigenvalue weighted by Gasteiger charge is -2.34. The number of benzene rings is 1. The molecule has 9 nitrogen and oxygen atoms in total. The number of rotatable bonds is 4. The van der Waals surface area contributed by atoms with Gasteiger partial charge in [0.25, 0.3) is 5.56 Å². The van der Waals surface area contributed by atoms with Crippen molar-refractivity contribution in [2.75, 3.05) is 39.4 Å². The van der Waals surface area contributed by atoms with Crippen molar-refractivity contribution in [3.63, 3.8) is 0 Å². The maximum Gasteiger partial charge on any atom is 0.417 e. The zero-order valence-corrected chi connectivity index (χ0v) is 18.1. The van der Waals surface area contributed by atoms with E-state index in [2.05, 4.69) is 0 Å². The predicted molar refractivity (Wildman–Crippen MR) is 108 cm³/mol. The summed E-state index contributed by atoms with van der Waals surface area (Å²) in [6, 6.07) is 5.74. The molecule has 33 heavy (non-hydrogen) atoms. The number of amides is 1. The third-order valence-corrected chi connectivity index (χ3v) is 7.25. The maximum absolute atomic E-state index is 13.0. The number of halogens is 3. The van der Waals surface area contributed by atoms with E-state index in [1.54, 1.807) is 0 Å². The minimum atomic E-state index is -4.65. The summed E-state index contributed by atoms with van der Waals surface area (Å²) in [4.78, 5) is 25.8. The highest BCUT2D eigenvalue weighted by Gasteiger charge is 2.33. The fraction of sp³-hybridized carbons (Fsp3) is 0.400. The van der Waals surface area contributed by atoms with E-state index in [1.807, 2.05) is 0 Å². The standard InChI is InChI=1S/C20H20F3N3O6S/c21-20(22,23)14-1-4-18(27)25(12-14)13-19(28)24-5-7-26(8-6-24)33(29,30)15-2-3-16-17(11-15)32-10-9-31-16/h1-4,11-12H,5-10,13H2. The van der Waals surface area contributed by atoms with Gasteiger partial charge in [-0.25, -0.2) is 8.42 Å². The molecule has 3 heterocycles. The topological polar surface area (TPSA) is 98.2 Å². The summed E-state index contributed by atoms with van der Waals surface area (Å²) in [5.41, 5.74) is -1.78. The molecule has 2 aromatic rings. The Morgan fingerprint density at radius 3 is 2.30 bits per heavy atom. The van der Waals surface area contributed by atoms with E-state index in [-0.39, 0.29) is 31.1 Å². The zero-order valence-electron chi connectivity index (χ0n) is 17.2. The van der Waals surface area contributed by atoms with Crippen LogP contribution >= 0.6 is 0 Å². The van der Waals surface area contributed by atoms with Crippen molar-refractivity contribution in [2.24, 2.45) is 0 Å². The second-order valence-corrected chi connectivity index (χ2v) is 9.41. The fourth-order valence-electron chi connectivity index (χ4n) is 3.58. The number of hydrogen-bond acceptors (Lipinski definition) is 6. The highest BCUT2D eigenvalue weighted by Crippen LogP contribution is 2.33. The Hall–Kier alpha value is -3.06. The molecule has 13 heteroatoms. The number of fused-ring (bicyclic) bond motifs is 1. The first-order chi connectivity index (χ1) is 15.6. The van der Waals surface area contributed by atoms with Gasteiger partial charge in [0, 0.05) is 44.5 Å². The predicted octanol–water partition coefficient (Wildman–Crippen LogP) is 1.17. The molecule has 0 aliphatic carbocycles. The third-order valence-electron chi connectivity index (χ3n) is 5.36. The maximum atomic E-state index is 13.0. The van der Waals surface area contributed by atoms with E-state index >= 15 is 0 Å². The van der Waals surface area contributed by atoms with Gasteiger partial charge in [-0.15, -0.1) is 0 Å². The van der Waals surface area contributed by atoms with Gasteiger partial charge in [-0.1, -0.05) is 0 Å². The van der Waals surface area contributed by atoms with Gasteiger partial charge < -0.3 is 18.9 Å². The molecule has 0 saturated carbocycles. The Kier molecular flexibility index (Phi) is 6.10. The number of hydrogen-bond donors (Lipinski definition) is 0. The van der Waals surface area contributed by atoms with Crippen molar-refractivity contribution in [1.82, 2.24) is 13.8 Å². The smallest absolute Gasteiger partial charge is 0.417 e. The van der Waals surface area contributed by atoms with E-state index < -0.39 is 39.8 Å². The Morgan fingerprint density at radius 2 is 1.64 bits per heavy atom. The van der Waals surface area contributed by atoms with Crippen LogP contribution in [0.3, 0.4) is 0 Å². The molecule has 0 N–H and O–H groups in total. The van der Waals surface area contributed by atoms with Gasteiger partial charge in [0.1, 0.15) is 19.8 Å². The molecule has 1 aromatic heterocycles. The molecule has 1 saturated heterocycles. The molecule has 1 amide bonds. The number of alkyl halides is 3. The van der Waals surface area contributed by atoms with Gasteiger partial charge in [0.05, 0.1) is 10.5 Å². The monoisotopic (exact) mass is 487 g/mol. The lowest BCUT2D eigenvalue weighted by Crippen LogP contribution is -2.51. The van der Waals surface area contributed by atoms with Crippen molar-refractivity contribution in [1.29, 1.82) is 0 Å². The lowest BCUT2D eigenvalue weighted by molar-refractivity contribution is -0.139. The highest BCUT2D eigenvalue weighted by atomic mass is 32.2. The minimum Gasteiger partial charge on any atom is -0.486 e. The number of nitrogens with zero attached hydrogens (tertiary/aromatic N) is 3. The van der Waals surface area contributed by atoms with E-state index in [9.17, 15) is 31.2 Å². The van der Waals surface area contributed by atoms with Crippen LogP contribution in [0.15, 0.2) is 46.2 Å². The molecule has 4 rings (SSSR count). The van der Waals surface area contributed by atoms with Crippen molar-refractivity contribution >= 4 is 15.9 Å². The number of sulfonamides is 1. The average molecular weight is 487 g/mol. The largest absolute Gasteiger partial charge is 0.486 e. The minimum absolute atomic E-state index is 0.00000480. The summed E-state index contributed by atoms with van der Waals surface area (Å²) in [5, 5.41) is 0. The normalized spacial score (nSPS) is 17.1. The van der Waals surface area contributed by atoms with E-state index in [4.69, 9.17) is 9.47 Å². The van der Waals surface area contributed by atoms with Crippen LogP contribution < -0.4 is 15.0 Å². The van der Waals surface area contributed by atoms with Crippen LogP contribution in [0.1, 0.15) is 5.56 Å². The van der Waals surface area contributed by atoms with Crippen molar-refractivity contribution < 1.29 is 35.9 Å². The Morgan fingerprint density at radius 1 is 0.970 bits per heavy atom. The van der Waals surface area contributed by atoms with Gasteiger partial charge in [-0.3, -0.25) is 9.59 Å². The van der Waals surface area contributed by atoms with Gasteiger partial charge in [-0.05, 0) is 18.2 Å². The van der Waals surface area contributed by atoms with Crippen molar-refractivity contribution in [2.45, 2.75) is 17.6 Å². The molecule has 0 radical (unpaired) electrons. The number of ether oxygens (including phenoxy) is 2. The second-order valence-electron chi connectivity index (χ2n) is 7.47. The fourth-order valence-corrected chi connectivity index (χ4v) is 5.02. The van der Waals surface area contributed by atoms with Crippen LogP contribution in [-0.2, 0) is 27.5 Å². The summed E-state index contributed by atoms with van der Waals surface area (Å²) in [5.74, 6) is 0.218. The lowest BCUT2D eigenvalue weighted by atomic mass is 10.2. The van der Waals surface area contributed by atoms with Gasteiger partial charge in [0.15, 0.2) is 11.5 Å². The van der Waals surface area contributed by atoms with Crippen LogP contribution in [0.4, 0.5) is 13.2 Å². The molecule has 0 bridgehead atoms. The van der Waals surface area contributed by atoms with Crippen LogP contribution in [-0.4, -0.2) is 67.5 Å². The number of carbonyl (C=O) groups is 1. The molecular formula is C20H20F3N3O6S. The average Bonchev–Trinajstić information content (AvgIpc) is 2.79. The summed E-state index contributed by atoms with van der Waals surface area (Å²) in [6.07, 6.45) is -4.05. The molecule has 0 atom stereocenters. The van der Waals surface area contributed by atoms with Crippen molar-refractivity contribution in [3.05, 3.63) is 52.4 Å². The van der Waals surface area contributed by atoms with Crippen LogP contribution in [0.25, 0.3) is 0 Å². The molecule has 1 aromatic carbocycles. The van der Waals surface area contributed by atoms with Crippen LogP contribution in [0.5, 0.6) is 11.5 Å². The first-order valence-corrected chi connectivity index (χ1v) is 11.4.